The van der Waals surface area contributed by atoms with Crippen LogP contribution in [0.15, 0.2) is 4.99 Å². The van der Waals surface area contributed by atoms with Crippen molar-refractivity contribution in [1.82, 2.24) is 10.7 Å². The Morgan fingerprint density at radius 3 is 2.43 bits per heavy atom. The van der Waals surface area contributed by atoms with Gasteiger partial charge in [0, 0.05) is 31.7 Å². The lowest BCUT2D eigenvalue weighted by molar-refractivity contribution is -0.525. The van der Waals surface area contributed by atoms with E-state index in [1.807, 2.05) is 5.43 Å². The van der Waals surface area contributed by atoms with Crippen LogP contribution in [0.25, 0.3) is 0 Å². The van der Waals surface area contributed by atoms with Crippen LogP contribution < -0.4 is 16.5 Å². The Bertz CT molecular complexity index is 1100. The molecule has 2 bridgehead atoms. The molecule has 0 spiro atoms. The summed E-state index contributed by atoms with van der Waals surface area (Å²) in [6.45, 7) is 11.2. The Hall–Kier alpha value is -2.72. The Balaban J connectivity index is 0.00000736. The maximum atomic E-state index is 13.8. The maximum Gasteiger partial charge on any atom is 0.481 e. The smallest absolute Gasteiger partial charge is 0.404 e. The summed E-state index contributed by atoms with van der Waals surface area (Å²) in [5, 5.41) is 21.7. The van der Waals surface area contributed by atoms with E-state index in [0.29, 0.717) is 43.9 Å². The van der Waals surface area contributed by atoms with E-state index in [1.54, 1.807) is 0 Å². The van der Waals surface area contributed by atoms with Gasteiger partial charge in [0.1, 0.15) is 5.78 Å². The molecule has 3 saturated carbocycles. The first kappa shape index (κ1) is 39.5. The van der Waals surface area contributed by atoms with E-state index in [0.717, 1.165) is 51.4 Å². The van der Waals surface area contributed by atoms with Gasteiger partial charge in [-0.2, -0.15) is 5.26 Å². The molecule has 4 fully saturated rings. The van der Waals surface area contributed by atoms with Gasteiger partial charge in [0.15, 0.2) is 5.03 Å². The second kappa shape index (κ2) is 18.0. The first-order chi connectivity index (χ1) is 21.3. The molecule has 0 unspecified atom stereocenters. The van der Waals surface area contributed by atoms with Crippen LogP contribution in [0.3, 0.4) is 0 Å². The van der Waals surface area contributed by atoms with E-state index in [9.17, 15) is 19.7 Å². The number of nitriles is 1. The van der Waals surface area contributed by atoms with Gasteiger partial charge in [-0.1, -0.05) is 66.2 Å². The van der Waals surface area contributed by atoms with Gasteiger partial charge in [0.05, 0.1) is 23.7 Å². The van der Waals surface area contributed by atoms with Crippen molar-refractivity contribution in [2.24, 2.45) is 39.8 Å². The number of Topliss-reactive ketones (excluding diaryl/α,β-unsaturated/α-hetero) is 1. The SMILES string of the molecule is C.CC(C)C[C@H](NC(=O)[C@H](CCCN=C(N)N[N+](=O)[O-])CC(=O)CCCCCCCCC#N)B1O[C@@H]2C[C@@H]3C[C@@H](C3(C)C)[C@]2(C)O1. The second-order valence-electron chi connectivity index (χ2n) is 14.6. The van der Waals surface area contributed by atoms with Gasteiger partial charge < -0.3 is 20.4 Å². The van der Waals surface area contributed by atoms with Crippen LogP contribution in [0.4, 0.5) is 0 Å². The van der Waals surface area contributed by atoms with Gasteiger partial charge in [-0.3, -0.25) is 9.59 Å². The molecule has 260 valence electrons. The fourth-order valence-electron chi connectivity index (χ4n) is 7.72. The highest BCUT2D eigenvalue weighted by molar-refractivity contribution is 6.47. The molecule has 13 heteroatoms. The number of nitrogens with two attached hydrogens (primary N) is 1. The highest BCUT2D eigenvalue weighted by Gasteiger charge is 2.68. The Labute approximate surface area is 276 Å². The summed E-state index contributed by atoms with van der Waals surface area (Å²) in [6.07, 6.45) is 10.5. The zero-order valence-electron chi connectivity index (χ0n) is 28.0. The first-order valence-electron chi connectivity index (χ1n) is 17.0. The average molecular weight is 647 g/mol. The number of hydrogen-bond acceptors (Lipinski definition) is 8. The molecule has 0 radical (unpaired) electrons. The number of guanidine groups is 1. The number of unbranched alkanes of at least 4 members (excludes halogenated alkanes) is 6. The summed E-state index contributed by atoms with van der Waals surface area (Å²) < 4.78 is 13.3. The molecule has 1 heterocycles. The zero-order valence-corrected chi connectivity index (χ0v) is 28.0. The summed E-state index contributed by atoms with van der Waals surface area (Å²) in [5.41, 5.74) is 7.19. The van der Waals surface area contributed by atoms with E-state index >= 15 is 0 Å². The van der Waals surface area contributed by atoms with Crippen LogP contribution in [0, 0.1) is 50.5 Å². The van der Waals surface area contributed by atoms with Crippen molar-refractivity contribution in [3.63, 3.8) is 0 Å². The number of amides is 1. The van der Waals surface area contributed by atoms with Gasteiger partial charge in [-0.15, -0.1) is 0 Å². The number of carbonyl (C=O) groups is 2. The third-order valence-electron chi connectivity index (χ3n) is 10.4. The highest BCUT2D eigenvalue weighted by Crippen LogP contribution is 2.65. The summed E-state index contributed by atoms with van der Waals surface area (Å²) in [7, 11) is -0.552. The van der Waals surface area contributed by atoms with Crippen LogP contribution in [0.2, 0.25) is 0 Å². The third-order valence-corrected chi connectivity index (χ3v) is 10.4. The van der Waals surface area contributed by atoms with Gasteiger partial charge in [-0.05, 0) is 75.0 Å². The summed E-state index contributed by atoms with van der Waals surface area (Å²) >= 11 is 0. The molecule has 3 aliphatic carbocycles. The number of aliphatic imine (C=N–C) groups is 1. The number of hydrazine groups is 1. The van der Waals surface area contributed by atoms with Crippen molar-refractivity contribution in [3.8, 4) is 6.07 Å². The van der Waals surface area contributed by atoms with Crippen LogP contribution in [0.5, 0.6) is 0 Å². The van der Waals surface area contributed by atoms with Crippen LogP contribution in [-0.2, 0) is 18.9 Å². The van der Waals surface area contributed by atoms with E-state index in [4.69, 9.17) is 20.3 Å². The van der Waals surface area contributed by atoms with Crippen molar-refractivity contribution in [2.75, 3.05) is 6.54 Å². The number of carbonyl (C=O) groups excluding carboxylic acids is 2. The topological polar surface area (TPSA) is 182 Å². The monoisotopic (exact) mass is 646 g/mol. The van der Waals surface area contributed by atoms with Gasteiger partial charge in [0.25, 0.3) is 5.96 Å². The number of nitrogens with zero attached hydrogens (tertiary/aromatic N) is 3. The Morgan fingerprint density at radius 2 is 1.80 bits per heavy atom. The largest absolute Gasteiger partial charge is 0.481 e. The van der Waals surface area contributed by atoms with E-state index in [1.165, 1.54) is 0 Å². The molecule has 1 saturated heterocycles. The molecular weight excluding hydrogens is 587 g/mol. The zero-order chi connectivity index (χ0) is 33.2. The molecule has 0 aromatic rings. The van der Waals surface area contributed by atoms with Gasteiger partial charge in [-0.25, -0.2) is 15.1 Å². The van der Waals surface area contributed by atoms with Crippen molar-refractivity contribution >= 4 is 24.8 Å². The molecule has 1 amide bonds. The van der Waals surface area contributed by atoms with E-state index in [2.05, 4.69) is 51.0 Å². The molecule has 0 aromatic heterocycles. The van der Waals surface area contributed by atoms with Crippen molar-refractivity contribution in [3.05, 3.63) is 10.1 Å². The summed E-state index contributed by atoms with van der Waals surface area (Å²) in [6, 6.07) is 2.16. The average Bonchev–Trinajstić information content (AvgIpc) is 3.32. The summed E-state index contributed by atoms with van der Waals surface area (Å²) in [4.78, 5) is 41.4. The normalized spacial score (nSPS) is 25.8. The summed E-state index contributed by atoms with van der Waals surface area (Å²) in [5.74, 6) is -0.0496. The molecule has 46 heavy (non-hydrogen) atoms. The lowest BCUT2D eigenvalue weighted by Gasteiger charge is -2.64. The molecular formula is C33H59BN6O6. The number of nitrogens with one attached hydrogen (secondary N) is 2. The lowest BCUT2D eigenvalue weighted by atomic mass is 9.43. The minimum atomic E-state index is -0.775. The first-order valence-corrected chi connectivity index (χ1v) is 17.0. The quantitative estimate of drug-likeness (QED) is 0.0383. The molecule has 4 rings (SSSR count). The molecule has 4 aliphatic rings. The van der Waals surface area contributed by atoms with Crippen molar-refractivity contribution in [1.29, 1.82) is 5.26 Å². The number of hydrogen-bond donors (Lipinski definition) is 3. The minimum Gasteiger partial charge on any atom is -0.404 e. The lowest BCUT2D eigenvalue weighted by Crippen LogP contribution is -2.65. The van der Waals surface area contributed by atoms with Crippen molar-refractivity contribution < 1.29 is 23.9 Å². The van der Waals surface area contributed by atoms with Gasteiger partial charge in [0.2, 0.25) is 5.91 Å². The highest BCUT2D eigenvalue weighted by atomic mass is 16.7. The molecule has 1 aliphatic heterocycles. The van der Waals surface area contributed by atoms with Crippen LogP contribution in [-0.4, -0.2) is 54.0 Å². The van der Waals surface area contributed by atoms with Gasteiger partial charge >= 0.3 is 7.12 Å². The number of ketones is 1. The minimum absolute atomic E-state index is 0. The molecule has 12 nitrogen and oxygen atoms in total. The van der Waals surface area contributed by atoms with Crippen LogP contribution in [0.1, 0.15) is 132 Å². The predicted octanol–water partition coefficient (Wildman–Crippen LogP) is 5.52. The third kappa shape index (κ3) is 10.7. The maximum absolute atomic E-state index is 13.8. The second-order valence-corrected chi connectivity index (χ2v) is 14.6. The fraction of sp³-hybridized carbons (Fsp3) is 0.879. The van der Waals surface area contributed by atoms with Crippen LogP contribution >= 0.6 is 0 Å². The standard InChI is InChI=1S/C32H55BN6O6.CH4/c1-22(2)18-28(33-44-27-21-24-20-26(31(24,3)4)32(27,5)45-33)37-29(41)23(14-13-17-36-30(35)38-39(42)43)19-25(40)15-11-9-7-6-8-10-12-16-34;/h22-24,26-28H,6-15,17-21H2,1-5H3,(H,37,41)(H3,35,36,38);1H4/t23-,24+,26+,27-,28+,32+;/m1./s1. The Kier molecular flexibility index (Phi) is 15.4. The number of nitro groups is 1. The number of rotatable bonds is 20. The molecule has 0 aromatic carbocycles. The molecule has 6 atom stereocenters. The molecule has 4 N–H and O–H groups in total. The predicted molar refractivity (Wildman–Crippen MR) is 180 cm³/mol. The van der Waals surface area contributed by atoms with E-state index in [-0.39, 0.29) is 67.0 Å². The Morgan fingerprint density at radius 1 is 1.13 bits per heavy atom. The van der Waals surface area contributed by atoms with Crippen molar-refractivity contribution in [2.45, 2.75) is 150 Å². The van der Waals surface area contributed by atoms with E-state index < -0.39 is 18.1 Å². The fourth-order valence-corrected chi connectivity index (χ4v) is 7.72.